The van der Waals surface area contributed by atoms with Crippen LogP contribution in [0, 0.1) is 0 Å². The Morgan fingerprint density at radius 2 is 1.83 bits per heavy atom. The van der Waals surface area contributed by atoms with Gasteiger partial charge in [-0.05, 0) is 19.3 Å². The zero-order valence-electron chi connectivity index (χ0n) is 15.3. The summed E-state index contributed by atoms with van der Waals surface area (Å²) in [6, 6.07) is -0.170. The van der Waals surface area contributed by atoms with Gasteiger partial charge in [0.2, 0.25) is 0 Å². The number of ether oxygens (including phenoxy) is 3. The average Bonchev–Trinajstić information content (AvgIpc) is 2.56. The molecule has 1 fully saturated rings. The third-order valence-corrected chi connectivity index (χ3v) is 4.48. The minimum atomic E-state index is -0.170. The van der Waals surface area contributed by atoms with E-state index in [-0.39, 0.29) is 24.4 Å². The van der Waals surface area contributed by atoms with E-state index in [4.69, 9.17) is 19.9 Å². The van der Waals surface area contributed by atoms with E-state index < -0.39 is 0 Å². The smallest absolute Gasteiger partial charge is 0.109 e. The van der Waals surface area contributed by atoms with Crippen molar-refractivity contribution in [1.29, 1.82) is 0 Å². The molecule has 0 saturated carbocycles. The minimum Gasteiger partial charge on any atom is -0.377 e. The van der Waals surface area contributed by atoms with Gasteiger partial charge >= 0.3 is 0 Å². The molecular formula is C19H37NO3. The zero-order valence-corrected chi connectivity index (χ0v) is 15.3. The molecule has 4 atom stereocenters. The van der Waals surface area contributed by atoms with Gasteiger partial charge in [-0.1, -0.05) is 58.1 Å². The number of methoxy groups -OCH3 is 1. The van der Waals surface area contributed by atoms with Crippen LogP contribution in [0.1, 0.15) is 65.2 Å². The SMILES string of the molecule is CCCCCCC/C=C/[C@@H]1OC[C@@H](OCCCC)[C@H](OC)[C@H]1N. The van der Waals surface area contributed by atoms with Gasteiger partial charge in [-0.2, -0.15) is 0 Å². The van der Waals surface area contributed by atoms with E-state index in [1.165, 1.54) is 32.1 Å². The molecule has 0 bridgehead atoms. The van der Waals surface area contributed by atoms with Gasteiger partial charge in [-0.15, -0.1) is 0 Å². The molecule has 136 valence electrons. The Hall–Kier alpha value is -0.420. The highest BCUT2D eigenvalue weighted by molar-refractivity contribution is 5.02. The van der Waals surface area contributed by atoms with Crippen molar-refractivity contribution in [3.63, 3.8) is 0 Å². The van der Waals surface area contributed by atoms with Crippen molar-refractivity contribution in [3.8, 4) is 0 Å². The van der Waals surface area contributed by atoms with Crippen molar-refractivity contribution < 1.29 is 14.2 Å². The van der Waals surface area contributed by atoms with Gasteiger partial charge in [0.1, 0.15) is 12.2 Å². The Morgan fingerprint density at radius 1 is 1.09 bits per heavy atom. The normalized spacial score (nSPS) is 28.5. The highest BCUT2D eigenvalue weighted by atomic mass is 16.6. The second kappa shape index (κ2) is 12.9. The number of hydrogen-bond acceptors (Lipinski definition) is 4. The fourth-order valence-electron chi connectivity index (χ4n) is 2.96. The van der Waals surface area contributed by atoms with Crippen molar-refractivity contribution in [2.75, 3.05) is 20.3 Å². The van der Waals surface area contributed by atoms with E-state index in [1.54, 1.807) is 7.11 Å². The van der Waals surface area contributed by atoms with Crippen LogP contribution in [0.3, 0.4) is 0 Å². The van der Waals surface area contributed by atoms with Gasteiger partial charge in [-0.25, -0.2) is 0 Å². The Balaban J connectivity index is 2.32. The summed E-state index contributed by atoms with van der Waals surface area (Å²) >= 11 is 0. The molecule has 0 radical (unpaired) electrons. The summed E-state index contributed by atoms with van der Waals surface area (Å²) in [7, 11) is 1.71. The van der Waals surface area contributed by atoms with E-state index in [2.05, 4.69) is 26.0 Å². The van der Waals surface area contributed by atoms with Crippen LogP contribution in [0.25, 0.3) is 0 Å². The molecule has 1 aliphatic rings. The van der Waals surface area contributed by atoms with E-state index >= 15 is 0 Å². The van der Waals surface area contributed by atoms with Crippen LogP contribution in [-0.2, 0) is 14.2 Å². The second-order valence-corrected chi connectivity index (χ2v) is 6.47. The molecule has 0 aliphatic carbocycles. The summed E-state index contributed by atoms with van der Waals surface area (Å²) in [6.07, 6.45) is 13.9. The van der Waals surface area contributed by atoms with Gasteiger partial charge in [0, 0.05) is 13.7 Å². The average molecular weight is 328 g/mol. The third-order valence-electron chi connectivity index (χ3n) is 4.48. The van der Waals surface area contributed by atoms with E-state index in [1.807, 2.05) is 0 Å². The molecule has 0 aromatic carbocycles. The molecule has 1 saturated heterocycles. The summed E-state index contributed by atoms with van der Waals surface area (Å²) in [6.45, 7) is 5.70. The lowest BCUT2D eigenvalue weighted by molar-refractivity contribution is -0.154. The van der Waals surface area contributed by atoms with Crippen LogP contribution in [0.5, 0.6) is 0 Å². The molecule has 4 nitrogen and oxygen atoms in total. The summed E-state index contributed by atoms with van der Waals surface area (Å²) in [5.41, 5.74) is 6.33. The van der Waals surface area contributed by atoms with Crippen LogP contribution in [0.15, 0.2) is 12.2 Å². The maximum Gasteiger partial charge on any atom is 0.109 e. The lowest BCUT2D eigenvalue weighted by Gasteiger charge is -2.39. The molecule has 0 amide bonds. The summed E-state index contributed by atoms with van der Waals surface area (Å²) in [5, 5.41) is 0. The van der Waals surface area contributed by atoms with Crippen molar-refractivity contribution in [1.82, 2.24) is 0 Å². The first-order valence-corrected chi connectivity index (χ1v) is 9.42. The van der Waals surface area contributed by atoms with Crippen LogP contribution in [0.4, 0.5) is 0 Å². The number of allylic oxidation sites excluding steroid dienone is 1. The van der Waals surface area contributed by atoms with Crippen LogP contribution in [-0.4, -0.2) is 44.7 Å². The second-order valence-electron chi connectivity index (χ2n) is 6.47. The molecule has 23 heavy (non-hydrogen) atoms. The largest absolute Gasteiger partial charge is 0.377 e. The predicted octanol–water partition coefficient (Wildman–Crippen LogP) is 3.83. The highest BCUT2D eigenvalue weighted by Crippen LogP contribution is 2.20. The Bertz CT molecular complexity index is 309. The lowest BCUT2D eigenvalue weighted by atomic mass is 9.97. The van der Waals surface area contributed by atoms with Crippen LogP contribution in [0.2, 0.25) is 0 Å². The first kappa shape index (κ1) is 20.6. The topological polar surface area (TPSA) is 53.7 Å². The standard InChI is InChI=1S/C19H37NO3/c1-4-6-8-9-10-11-12-13-16-18(20)19(21-3)17(15-23-16)22-14-7-5-2/h12-13,16-19H,4-11,14-15,20H2,1-3H3/b13-12+/t16-,17+,18-,19-/m0/s1. The monoisotopic (exact) mass is 327 g/mol. The van der Waals surface area contributed by atoms with Gasteiger partial charge in [-0.3, -0.25) is 0 Å². The molecule has 0 aromatic heterocycles. The van der Waals surface area contributed by atoms with Crippen molar-refractivity contribution in [2.45, 2.75) is 89.6 Å². The molecular weight excluding hydrogens is 290 g/mol. The minimum absolute atomic E-state index is 0.0553. The molecule has 2 N–H and O–H groups in total. The number of hydrogen-bond donors (Lipinski definition) is 1. The maximum absolute atomic E-state index is 6.33. The number of nitrogens with two attached hydrogens (primary N) is 1. The van der Waals surface area contributed by atoms with Crippen LogP contribution < -0.4 is 5.73 Å². The fourth-order valence-corrected chi connectivity index (χ4v) is 2.96. The molecule has 0 spiro atoms. The van der Waals surface area contributed by atoms with Crippen molar-refractivity contribution in [2.24, 2.45) is 5.73 Å². The first-order valence-electron chi connectivity index (χ1n) is 9.42. The molecule has 1 aliphatic heterocycles. The van der Waals surface area contributed by atoms with Crippen LogP contribution >= 0.6 is 0 Å². The number of rotatable bonds is 12. The molecule has 4 heteroatoms. The van der Waals surface area contributed by atoms with Gasteiger partial charge < -0.3 is 19.9 Å². The summed E-state index contributed by atoms with van der Waals surface area (Å²) in [5.74, 6) is 0. The first-order chi connectivity index (χ1) is 11.2. The molecule has 1 rings (SSSR count). The lowest BCUT2D eigenvalue weighted by Crippen LogP contribution is -2.58. The number of unbranched alkanes of at least 4 members (excludes halogenated alkanes) is 6. The molecule has 1 heterocycles. The predicted molar refractivity (Wildman–Crippen MR) is 95.7 cm³/mol. The van der Waals surface area contributed by atoms with Gasteiger partial charge in [0.25, 0.3) is 0 Å². The van der Waals surface area contributed by atoms with Gasteiger partial charge in [0.05, 0.1) is 18.8 Å². The molecule has 0 unspecified atom stereocenters. The molecule has 0 aromatic rings. The summed E-state index contributed by atoms with van der Waals surface area (Å²) in [4.78, 5) is 0. The maximum atomic E-state index is 6.33. The van der Waals surface area contributed by atoms with Crippen molar-refractivity contribution >= 4 is 0 Å². The van der Waals surface area contributed by atoms with Crippen molar-refractivity contribution in [3.05, 3.63) is 12.2 Å². The summed E-state index contributed by atoms with van der Waals surface area (Å²) < 4.78 is 17.4. The zero-order chi connectivity index (χ0) is 16.9. The van der Waals surface area contributed by atoms with E-state index in [0.29, 0.717) is 6.61 Å². The Morgan fingerprint density at radius 3 is 2.52 bits per heavy atom. The van der Waals surface area contributed by atoms with E-state index in [9.17, 15) is 0 Å². The third kappa shape index (κ3) is 7.79. The van der Waals surface area contributed by atoms with E-state index in [0.717, 1.165) is 25.9 Å². The highest BCUT2D eigenvalue weighted by Gasteiger charge is 2.38. The Kier molecular flexibility index (Phi) is 11.6. The fraction of sp³-hybridized carbons (Fsp3) is 0.895. The quantitative estimate of drug-likeness (QED) is 0.437. The Labute approximate surface area is 142 Å². The van der Waals surface area contributed by atoms with Gasteiger partial charge in [0.15, 0.2) is 0 Å².